The Hall–Kier alpha value is -2.47. The first kappa shape index (κ1) is 22.2. The normalized spacial score (nSPS) is 15.9. The van der Waals surface area contributed by atoms with Gasteiger partial charge in [-0.05, 0) is 50.9 Å². The number of carbonyl (C=O) groups excluding carboxylic acids is 1. The number of piperidine rings is 1. The van der Waals surface area contributed by atoms with Crippen molar-refractivity contribution in [1.82, 2.24) is 10.4 Å². The van der Waals surface area contributed by atoms with E-state index < -0.39 is 0 Å². The number of nitrogens with zero attached hydrogens (tertiary/aromatic N) is 1. The highest BCUT2D eigenvalue weighted by molar-refractivity contribution is 5.98. The highest BCUT2D eigenvalue weighted by Gasteiger charge is 2.25. The lowest BCUT2D eigenvalue weighted by Crippen LogP contribution is -2.36. The van der Waals surface area contributed by atoms with Gasteiger partial charge in [-0.3, -0.25) is 15.1 Å². The molecule has 2 aromatic rings. The third kappa shape index (κ3) is 6.52. The summed E-state index contributed by atoms with van der Waals surface area (Å²) >= 11 is 0. The molecule has 0 radical (unpaired) electrons. The van der Waals surface area contributed by atoms with Crippen LogP contribution in [0.2, 0.25) is 0 Å². The molecule has 160 valence electrons. The summed E-state index contributed by atoms with van der Waals surface area (Å²) in [7, 11) is 0. The molecule has 0 spiro atoms. The lowest BCUT2D eigenvalue weighted by molar-refractivity contribution is 0.0835. The lowest BCUT2D eigenvalue weighted by Gasteiger charge is -2.31. The fourth-order valence-electron chi connectivity index (χ4n) is 3.87. The molecule has 1 fully saturated rings. The zero-order valence-corrected chi connectivity index (χ0v) is 17.8. The summed E-state index contributed by atoms with van der Waals surface area (Å²) in [6.45, 7) is 5.88. The Labute approximate surface area is 179 Å². The lowest BCUT2D eigenvalue weighted by atomic mass is 9.88. The van der Waals surface area contributed by atoms with E-state index in [1.54, 1.807) is 0 Å². The number of nitrogens with one attached hydrogen (secondary N) is 1. The zero-order valence-electron chi connectivity index (χ0n) is 17.8. The Kier molecular flexibility index (Phi) is 8.63. The molecule has 5 nitrogen and oxygen atoms in total. The van der Waals surface area contributed by atoms with Crippen LogP contribution >= 0.6 is 0 Å². The van der Waals surface area contributed by atoms with Crippen molar-refractivity contribution in [2.24, 2.45) is 11.7 Å². The van der Waals surface area contributed by atoms with Crippen LogP contribution in [-0.4, -0.2) is 43.5 Å². The molecule has 0 amide bonds. The SMILES string of the molecule is Cc1cccc(C(=O)C2CCN(CCC=C(NOCCN)c3ccccc3)CC2)c1. The van der Waals surface area contributed by atoms with Crippen LogP contribution in [0.3, 0.4) is 0 Å². The number of hydrogen-bond donors (Lipinski definition) is 2. The van der Waals surface area contributed by atoms with Crippen molar-refractivity contribution in [3.63, 3.8) is 0 Å². The molecular weight excluding hydrogens is 374 g/mol. The minimum absolute atomic E-state index is 0.143. The monoisotopic (exact) mass is 407 g/mol. The number of hydroxylamine groups is 1. The van der Waals surface area contributed by atoms with Gasteiger partial charge in [-0.15, -0.1) is 0 Å². The second-order valence-electron chi connectivity index (χ2n) is 7.86. The predicted octanol–water partition coefficient (Wildman–Crippen LogP) is 3.80. The average molecular weight is 408 g/mol. The molecule has 0 bridgehead atoms. The molecule has 1 aliphatic heterocycles. The van der Waals surface area contributed by atoms with Crippen molar-refractivity contribution in [3.8, 4) is 0 Å². The first-order valence-electron chi connectivity index (χ1n) is 10.8. The van der Waals surface area contributed by atoms with Crippen molar-refractivity contribution in [1.29, 1.82) is 0 Å². The maximum absolute atomic E-state index is 12.8. The van der Waals surface area contributed by atoms with Gasteiger partial charge in [-0.2, -0.15) is 0 Å². The van der Waals surface area contributed by atoms with Gasteiger partial charge in [0, 0.05) is 24.6 Å². The Morgan fingerprint density at radius 2 is 1.87 bits per heavy atom. The summed E-state index contributed by atoms with van der Waals surface area (Å²) in [4.78, 5) is 20.7. The second kappa shape index (κ2) is 11.6. The van der Waals surface area contributed by atoms with Crippen LogP contribution in [0, 0.1) is 12.8 Å². The van der Waals surface area contributed by atoms with Crippen molar-refractivity contribution in [2.75, 3.05) is 32.8 Å². The van der Waals surface area contributed by atoms with Gasteiger partial charge in [-0.25, -0.2) is 0 Å². The summed E-state index contributed by atoms with van der Waals surface area (Å²) in [5, 5.41) is 0. The van der Waals surface area contributed by atoms with E-state index in [-0.39, 0.29) is 5.92 Å². The summed E-state index contributed by atoms with van der Waals surface area (Å²) < 4.78 is 0. The summed E-state index contributed by atoms with van der Waals surface area (Å²) in [6.07, 6.45) is 4.95. The van der Waals surface area contributed by atoms with Crippen LogP contribution in [0.25, 0.3) is 5.70 Å². The quantitative estimate of drug-likeness (QED) is 0.356. The molecule has 1 heterocycles. The number of nitrogens with two attached hydrogens (primary N) is 1. The molecule has 3 rings (SSSR count). The number of aryl methyl sites for hydroxylation is 1. The first-order chi connectivity index (χ1) is 14.7. The maximum atomic E-state index is 12.8. The maximum Gasteiger partial charge on any atom is 0.166 e. The molecule has 5 heteroatoms. The number of ketones is 1. The van der Waals surface area contributed by atoms with Crippen LogP contribution in [0.1, 0.15) is 40.7 Å². The number of benzene rings is 2. The predicted molar refractivity (Wildman–Crippen MR) is 122 cm³/mol. The van der Waals surface area contributed by atoms with Gasteiger partial charge in [0.25, 0.3) is 0 Å². The van der Waals surface area contributed by atoms with E-state index >= 15 is 0 Å². The smallest absolute Gasteiger partial charge is 0.166 e. The molecule has 3 N–H and O–H groups in total. The largest absolute Gasteiger partial charge is 0.328 e. The molecular formula is C25H33N3O2. The number of likely N-dealkylation sites (tertiary alicyclic amines) is 1. The average Bonchev–Trinajstić information content (AvgIpc) is 2.79. The second-order valence-corrected chi connectivity index (χ2v) is 7.86. The van der Waals surface area contributed by atoms with Crippen LogP contribution in [0.15, 0.2) is 60.7 Å². The van der Waals surface area contributed by atoms with Crippen molar-refractivity contribution >= 4 is 11.5 Å². The highest BCUT2D eigenvalue weighted by Crippen LogP contribution is 2.22. The zero-order chi connectivity index (χ0) is 21.2. The van der Waals surface area contributed by atoms with Gasteiger partial charge in [0.2, 0.25) is 0 Å². The van der Waals surface area contributed by atoms with Gasteiger partial charge < -0.3 is 10.6 Å². The fourth-order valence-corrected chi connectivity index (χ4v) is 3.87. The Balaban J connectivity index is 1.49. The van der Waals surface area contributed by atoms with Gasteiger partial charge in [0.15, 0.2) is 5.78 Å². The molecule has 2 aromatic carbocycles. The van der Waals surface area contributed by atoms with E-state index in [0.29, 0.717) is 18.9 Å². The minimum atomic E-state index is 0.143. The third-order valence-corrected chi connectivity index (χ3v) is 5.54. The fraction of sp³-hybridized carbons (Fsp3) is 0.400. The standard InChI is InChI=1S/C25H33N3O2/c1-20-7-5-10-23(19-20)25(29)22-12-16-28(17-13-22)15-6-11-24(27-30-18-14-26)21-8-3-2-4-9-21/h2-5,7-11,19,22,27H,6,12-18,26H2,1H3. The molecule has 0 aliphatic carbocycles. The number of hydrogen-bond acceptors (Lipinski definition) is 5. The minimum Gasteiger partial charge on any atom is -0.328 e. The van der Waals surface area contributed by atoms with Gasteiger partial charge >= 0.3 is 0 Å². The van der Waals surface area contributed by atoms with Gasteiger partial charge in [-0.1, -0.05) is 60.2 Å². The van der Waals surface area contributed by atoms with E-state index in [9.17, 15) is 4.79 Å². The molecule has 0 unspecified atom stereocenters. The Morgan fingerprint density at radius 3 is 2.57 bits per heavy atom. The Morgan fingerprint density at radius 1 is 1.13 bits per heavy atom. The van der Waals surface area contributed by atoms with Crippen LogP contribution < -0.4 is 11.2 Å². The number of carbonyl (C=O) groups is 1. The molecule has 0 saturated carbocycles. The summed E-state index contributed by atoms with van der Waals surface area (Å²) in [6, 6.07) is 18.1. The summed E-state index contributed by atoms with van der Waals surface area (Å²) in [5.41, 5.74) is 12.6. The first-order valence-corrected chi connectivity index (χ1v) is 10.8. The topological polar surface area (TPSA) is 67.6 Å². The van der Waals surface area contributed by atoms with E-state index in [0.717, 1.165) is 61.3 Å². The van der Waals surface area contributed by atoms with Gasteiger partial charge in [0.1, 0.15) is 0 Å². The molecule has 1 aliphatic rings. The Bertz CT molecular complexity index is 827. The van der Waals surface area contributed by atoms with E-state index in [4.69, 9.17) is 10.6 Å². The summed E-state index contributed by atoms with van der Waals surface area (Å²) in [5.74, 6) is 0.440. The van der Waals surface area contributed by atoms with Gasteiger partial charge in [0.05, 0.1) is 12.3 Å². The van der Waals surface area contributed by atoms with Crippen LogP contribution in [-0.2, 0) is 4.84 Å². The van der Waals surface area contributed by atoms with E-state index in [1.165, 1.54) is 0 Å². The van der Waals surface area contributed by atoms with Crippen molar-refractivity contribution in [2.45, 2.75) is 26.2 Å². The molecule has 1 saturated heterocycles. The van der Waals surface area contributed by atoms with E-state index in [2.05, 4.69) is 28.6 Å². The van der Waals surface area contributed by atoms with E-state index in [1.807, 2.05) is 49.4 Å². The number of Topliss-reactive ketones (excluding diaryl/α,β-unsaturated/α-hetero) is 1. The third-order valence-electron chi connectivity index (χ3n) is 5.54. The highest BCUT2D eigenvalue weighted by atomic mass is 16.6. The number of rotatable bonds is 10. The molecule has 0 atom stereocenters. The van der Waals surface area contributed by atoms with Crippen molar-refractivity contribution in [3.05, 3.63) is 77.4 Å². The molecule has 30 heavy (non-hydrogen) atoms. The van der Waals surface area contributed by atoms with Crippen molar-refractivity contribution < 1.29 is 9.63 Å². The van der Waals surface area contributed by atoms with Crippen LogP contribution in [0.5, 0.6) is 0 Å². The molecule has 0 aromatic heterocycles. The van der Waals surface area contributed by atoms with Crippen LogP contribution in [0.4, 0.5) is 0 Å².